The molecule has 8 heteroatoms. The fourth-order valence-corrected chi connectivity index (χ4v) is 5.63. The quantitative estimate of drug-likeness (QED) is 0.260. The molecule has 4 aromatic rings. The zero-order valence-corrected chi connectivity index (χ0v) is 22.6. The number of amides is 2. The standard InChI is InChI=1S/C33H30N2O6/c1-40-25-17-13-22(14-18-25)29-28(31(36)23-11-7-4-8-12-23)27(21-9-5-3-6-10-21)30(32(37)38)35(29)33(39)34-24-15-19-26(41-2)20-16-24/h3-20,27-30H,1-2H3,(H,34,39)(H,37,38). The highest BCUT2D eigenvalue weighted by atomic mass is 16.5. The highest BCUT2D eigenvalue weighted by Crippen LogP contribution is 2.51. The lowest BCUT2D eigenvalue weighted by Crippen LogP contribution is -2.45. The van der Waals surface area contributed by atoms with Crippen LogP contribution < -0.4 is 14.8 Å². The van der Waals surface area contributed by atoms with Crippen LogP contribution in [0.4, 0.5) is 10.5 Å². The molecule has 8 nitrogen and oxygen atoms in total. The Morgan fingerprint density at radius 2 is 1.24 bits per heavy atom. The fraction of sp³-hybridized carbons (Fsp3) is 0.182. The van der Waals surface area contributed by atoms with Crippen molar-refractivity contribution in [3.05, 3.63) is 126 Å². The third-order valence-corrected chi connectivity index (χ3v) is 7.50. The average Bonchev–Trinajstić information content (AvgIpc) is 3.39. The van der Waals surface area contributed by atoms with Gasteiger partial charge in [-0.2, -0.15) is 0 Å². The number of carbonyl (C=O) groups is 3. The number of anilines is 1. The highest BCUT2D eigenvalue weighted by molar-refractivity contribution is 6.02. The summed E-state index contributed by atoms with van der Waals surface area (Å²) >= 11 is 0. The molecule has 1 saturated heterocycles. The van der Waals surface area contributed by atoms with E-state index in [4.69, 9.17) is 9.47 Å². The number of nitrogens with one attached hydrogen (secondary N) is 1. The Bertz CT molecular complexity index is 1510. The fourth-order valence-electron chi connectivity index (χ4n) is 5.63. The van der Waals surface area contributed by atoms with Crippen molar-refractivity contribution < 1.29 is 29.0 Å². The molecule has 1 aliphatic rings. The first-order valence-electron chi connectivity index (χ1n) is 13.2. The minimum absolute atomic E-state index is 0.244. The molecule has 0 spiro atoms. The molecule has 1 fully saturated rings. The van der Waals surface area contributed by atoms with E-state index in [0.29, 0.717) is 33.9 Å². The van der Waals surface area contributed by atoms with E-state index in [2.05, 4.69) is 5.32 Å². The van der Waals surface area contributed by atoms with Gasteiger partial charge in [-0.1, -0.05) is 72.8 Å². The van der Waals surface area contributed by atoms with Gasteiger partial charge in [-0.3, -0.25) is 4.79 Å². The van der Waals surface area contributed by atoms with Crippen molar-refractivity contribution in [2.75, 3.05) is 19.5 Å². The molecule has 208 valence electrons. The number of carbonyl (C=O) groups excluding carboxylic acids is 2. The number of methoxy groups -OCH3 is 2. The number of urea groups is 1. The van der Waals surface area contributed by atoms with Crippen molar-refractivity contribution in [1.82, 2.24) is 4.90 Å². The van der Waals surface area contributed by atoms with Crippen LogP contribution in [0.5, 0.6) is 11.5 Å². The smallest absolute Gasteiger partial charge is 0.327 e. The van der Waals surface area contributed by atoms with Gasteiger partial charge in [-0.05, 0) is 47.5 Å². The zero-order chi connectivity index (χ0) is 28.9. The molecule has 4 aromatic carbocycles. The lowest BCUT2D eigenvalue weighted by molar-refractivity contribution is -0.142. The maximum Gasteiger partial charge on any atom is 0.327 e. The lowest BCUT2D eigenvalue weighted by Gasteiger charge is -2.30. The predicted octanol–water partition coefficient (Wildman–Crippen LogP) is 6.03. The number of aliphatic carboxylic acids is 1. The summed E-state index contributed by atoms with van der Waals surface area (Å²) < 4.78 is 10.5. The number of ether oxygens (including phenoxy) is 2. The van der Waals surface area contributed by atoms with Gasteiger partial charge in [0.1, 0.15) is 17.5 Å². The van der Waals surface area contributed by atoms with E-state index in [1.165, 1.54) is 4.90 Å². The van der Waals surface area contributed by atoms with Crippen molar-refractivity contribution in [2.45, 2.75) is 18.0 Å². The van der Waals surface area contributed by atoms with Crippen molar-refractivity contribution in [1.29, 1.82) is 0 Å². The Hall–Kier alpha value is -5.11. The molecule has 41 heavy (non-hydrogen) atoms. The summed E-state index contributed by atoms with van der Waals surface area (Å²) in [6, 6.07) is 28.8. The number of carboxylic acid groups (broad SMARTS) is 1. The SMILES string of the molecule is COc1ccc(NC(=O)N2C(C(=O)O)C(c3ccccc3)C(C(=O)c3ccccc3)C2c2ccc(OC)cc2)cc1. The summed E-state index contributed by atoms with van der Waals surface area (Å²) in [7, 11) is 3.09. The zero-order valence-electron chi connectivity index (χ0n) is 22.6. The number of rotatable bonds is 8. The summed E-state index contributed by atoms with van der Waals surface area (Å²) in [6.45, 7) is 0. The number of carboxylic acids is 1. The highest BCUT2D eigenvalue weighted by Gasteiger charge is 2.57. The van der Waals surface area contributed by atoms with Crippen LogP contribution in [0.15, 0.2) is 109 Å². The van der Waals surface area contributed by atoms with E-state index in [1.54, 1.807) is 99.1 Å². The summed E-state index contributed by atoms with van der Waals surface area (Å²) in [4.78, 5) is 42.7. The van der Waals surface area contributed by atoms with Gasteiger partial charge in [0.05, 0.1) is 26.2 Å². The number of hydrogen-bond acceptors (Lipinski definition) is 5. The van der Waals surface area contributed by atoms with Gasteiger partial charge in [0.25, 0.3) is 0 Å². The topological polar surface area (TPSA) is 105 Å². The van der Waals surface area contributed by atoms with Crippen LogP contribution in [0.2, 0.25) is 0 Å². The molecular formula is C33H30N2O6. The Morgan fingerprint density at radius 1 is 0.707 bits per heavy atom. The first-order valence-corrected chi connectivity index (χ1v) is 13.2. The maximum absolute atomic E-state index is 14.3. The van der Waals surface area contributed by atoms with Crippen LogP contribution in [-0.2, 0) is 4.79 Å². The monoisotopic (exact) mass is 550 g/mol. The average molecular weight is 551 g/mol. The number of hydrogen-bond donors (Lipinski definition) is 2. The van der Waals surface area contributed by atoms with Crippen LogP contribution >= 0.6 is 0 Å². The molecule has 0 saturated carbocycles. The van der Waals surface area contributed by atoms with Crippen LogP contribution in [0.1, 0.15) is 33.4 Å². The maximum atomic E-state index is 14.3. The summed E-state index contributed by atoms with van der Waals surface area (Å²) in [6.07, 6.45) is 0. The Balaban J connectivity index is 1.68. The van der Waals surface area contributed by atoms with E-state index in [0.717, 1.165) is 0 Å². The summed E-state index contributed by atoms with van der Waals surface area (Å²) in [5, 5.41) is 13.5. The molecule has 0 aromatic heterocycles. The number of benzene rings is 4. The minimum atomic E-state index is -1.33. The summed E-state index contributed by atoms with van der Waals surface area (Å²) in [5.41, 5.74) is 2.18. The van der Waals surface area contributed by atoms with E-state index in [9.17, 15) is 19.5 Å². The molecule has 4 unspecified atom stereocenters. The lowest BCUT2D eigenvalue weighted by atomic mass is 9.76. The van der Waals surface area contributed by atoms with Gasteiger partial charge in [-0.15, -0.1) is 0 Å². The van der Waals surface area contributed by atoms with Crippen molar-refractivity contribution in [3.63, 3.8) is 0 Å². The Labute approximate surface area is 238 Å². The van der Waals surface area contributed by atoms with Gasteiger partial charge in [-0.25, -0.2) is 9.59 Å². The third-order valence-electron chi connectivity index (χ3n) is 7.50. The molecule has 2 amide bonds. The number of likely N-dealkylation sites (tertiary alicyclic amines) is 1. The Kier molecular flexibility index (Phi) is 8.01. The second kappa shape index (κ2) is 12.0. The predicted molar refractivity (Wildman–Crippen MR) is 154 cm³/mol. The summed E-state index contributed by atoms with van der Waals surface area (Å²) in [5.74, 6) is -1.95. The first-order chi connectivity index (χ1) is 19.9. The van der Waals surface area contributed by atoms with Crippen molar-refractivity contribution >= 4 is 23.5 Å². The molecule has 1 heterocycles. The third kappa shape index (κ3) is 5.49. The van der Waals surface area contributed by atoms with Gasteiger partial charge >= 0.3 is 12.0 Å². The molecule has 0 bridgehead atoms. The van der Waals surface area contributed by atoms with E-state index in [1.807, 2.05) is 24.3 Å². The second-order valence-electron chi connectivity index (χ2n) is 9.76. The van der Waals surface area contributed by atoms with Crippen LogP contribution in [0.25, 0.3) is 0 Å². The number of ketones is 1. The van der Waals surface area contributed by atoms with Crippen LogP contribution in [0.3, 0.4) is 0 Å². The molecule has 4 atom stereocenters. The molecule has 1 aliphatic heterocycles. The largest absolute Gasteiger partial charge is 0.497 e. The van der Waals surface area contributed by atoms with Crippen molar-refractivity contribution in [3.8, 4) is 11.5 Å². The van der Waals surface area contributed by atoms with E-state index in [-0.39, 0.29) is 5.78 Å². The second-order valence-corrected chi connectivity index (χ2v) is 9.76. The van der Waals surface area contributed by atoms with Gasteiger partial charge in [0, 0.05) is 17.2 Å². The van der Waals surface area contributed by atoms with Gasteiger partial charge in [0.2, 0.25) is 0 Å². The first kappa shape index (κ1) is 27.5. The molecule has 5 rings (SSSR count). The molecule has 0 aliphatic carbocycles. The van der Waals surface area contributed by atoms with E-state index < -0.39 is 35.9 Å². The Morgan fingerprint density at radius 3 is 1.78 bits per heavy atom. The number of Topliss-reactive ketones (excluding diaryl/α,β-unsaturated/α-hetero) is 1. The molecular weight excluding hydrogens is 520 g/mol. The van der Waals surface area contributed by atoms with Crippen LogP contribution in [-0.4, -0.2) is 48.1 Å². The normalized spacial score (nSPS) is 19.8. The van der Waals surface area contributed by atoms with Crippen LogP contribution in [0, 0.1) is 5.92 Å². The number of nitrogens with zero attached hydrogens (tertiary/aromatic N) is 1. The van der Waals surface area contributed by atoms with Gasteiger partial charge in [0.15, 0.2) is 5.78 Å². The van der Waals surface area contributed by atoms with Gasteiger partial charge < -0.3 is 24.8 Å². The van der Waals surface area contributed by atoms with E-state index >= 15 is 0 Å². The molecule has 2 N–H and O–H groups in total. The van der Waals surface area contributed by atoms with Crippen molar-refractivity contribution in [2.24, 2.45) is 5.92 Å². The molecule has 0 radical (unpaired) electrons. The minimum Gasteiger partial charge on any atom is -0.497 e.